The first kappa shape index (κ1) is 16.2. The van der Waals surface area contributed by atoms with Gasteiger partial charge < -0.3 is 9.64 Å². The summed E-state index contributed by atoms with van der Waals surface area (Å²) in [5.41, 5.74) is 3.78. The third-order valence-electron chi connectivity index (χ3n) is 4.36. The number of benzene rings is 2. The lowest BCUT2D eigenvalue weighted by atomic mass is 10.1. The normalized spacial score (nSPS) is 14.2. The molecule has 1 fully saturated rings. The summed E-state index contributed by atoms with van der Waals surface area (Å²) >= 11 is 0. The highest BCUT2D eigenvalue weighted by molar-refractivity contribution is 5.60. The lowest BCUT2D eigenvalue weighted by Gasteiger charge is -2.28. The molecule has 0 radical (unpaired) electrons. The fraction of sp³-hybridized carbons (Fsp3) is 0.263. The Hall–Kier alpha value is -3.24. The standard InChI is InChI=1S/C19H18N6O/c20-13-15-1-3-16(4-2-15)14-25-22-19(21-23-25)17-5-7-18(8-6-17)24-9-11-26-12-10-24/h1-8H,9-12,14H2. The zero-order valence-corrected chi connectivity index (χ0v) is 14.2. The van der Waals surface area contributed by atoms with Crippen molar-refractivity contribution in [3.8, 4) is 17.5 Å². The molecule has 4 rings (SSSR count). The number of hydrogen-bond donors (Lipinski definition) is 0. The first-order valence-electron chi connectivity index (χ1n) is 8.52. The molecule has 0 spiro atoms. The van der Waals surface area contributed by atoms with Crippen LogP contribution in [0.4, 0.5) is 5.69 Å². The van der Waals surface area contributed by atoms with E-state index in [2.05, 4.69) is 38.5 Å². The van der Waals surface area contributed by atoms with Gasteiger partial charge in [-0.15, -0.1) is 10.2 Å². The largest absolute Gasteiger partial charge is 0.378 e. The summed E-state index contributed by atoms with van der Waals surface area (Å²) in [7, 11) is 0. The minimum atomic E-state index is 0.518. The second-order valence-electron chi connectivity index (χ2n) is 6.10. The molecule has 2 heterocycles. The van der Waals surface area contributed by atoms with Crippen molar-refractivity contribution in [3.05, 3.63) is 59.7 Å². The molecule has 2 aromatic carbocycles. The average Bonchev–Trinajstić information content (AvgIpc) is 3.18. The Labute approximate surface area is 151 Å². The van der Waals surface area contributed by atoms with Gasteiger partial charge in [-0.25, -0.2) is 0 Å². The summed E-state index contributed by atoms with van der Waals surface area (Å²) in [5, 5.41) is 21.6. The molecule has 1 saturated heterocycles. The van der Waals surface area contributed by atoms with Gasteiger partial charge in [0.1, 0.15) is 0 Å². The van der Waals surface area contributed by atoms with Crippen molar-refractivity contribution in [3.63, 3.8) is 0 Å². The van der Waals surface area contributed by atoms with Gasteiger partial charge in [0, 0.05) is 24.3 Å². The van der Waals surface area contributed by atoms with Gasteiger partial charge in [0.25, 0.3) is 0 Å². The minimum Gasteiger partial charge on any atom is -0.378 e. The van der Waals surface area contributed by atoms with E-state index in [4.69, 9.17) is 10.00 Å². The quantitative estimate of drug-likeness (QED) is 0.720. The molecule has 0 aliphatic carbocycles. The van der Waals surface area contributed by atoms with E-state index in [0.29, 0.717) is 17.9 Å². The van der Waals surface area contributed by atoms with E-state index in [9.17, 15) is 0 Å². The van der Waals surface area contributed by atoms with Crippen LogP contribution in [-0.2, 0) is 11.3 Å². The van der Waals surface area contributed by atoms with E-state index < -0.39 is 0 Å². The lowest BCUT2D eigenvalue weighted by Crippen LogP contribution is -2.36. The van der Waals surface area contributed by atoms with Gasteiger partial charge in [0.05, 0.1) is 31.4 Å². The number of anilines is 1. The highest BCUT2D eigenvalue weighted by Gasteiger charge is 2.12. The highest BCUT2D eigenvalue weighted by Crippen LogP contribution is 2.21. The highest BCUT2D eigenvalue weighted by atomic mass is 16.5. The molecule has 26 heavy (non-hydrogen) atoms. The van der Waals surface area contributed by atoms with Crippen LogP contribution in [0.2, 0.25) is 0 Å². The van der Waals surface area contributed by atoms with Gasteiger partial charge in [-0.3, -0.25) is 0 Å². The molecule has 1 aliphatic rings. The fourth-order valence-corrected chi connectivity index (χ4v) is 2.92. The van der Waals surface area contributed by atoms with E-state index in [-0.39, 0.29) is 0 Å². The van der Waals surface area contributed by atoms with Crippen LogP contribution in [-0.4, -0.2) is 46.5 Å². The van der Waals surface area contributed by atoms with Crippen molar-refractivity contribution in [2.24, 2.45) is 0 Å². The van der Waals surface area contributed by atoms with E-state index >= 15 is 0 Å². The fourth-order valence-electron chi connectivity index (χ4n) is 2.92. The SMILES string of the molecule is N#Cc1ccc(Cn2nnc(-c3ccc(N4CCOCC4)cc3)n2)cc1. The number of hydrogen-bond acceptors (Lipinski definition) is 6. The van der Waals surface area contributed by atoms with E-state index in [1.54, 1.807) is 16.9 Å². The summed E-state index contributed by atoms with van der Waals surface area (Å²) in [6.45, 7) is 3.89. The smallest absolute Gasteiger partial charge is 0.204 e. The van der Waals surface area contributed by atoms with Crippen LogP contribution in [0.15, 0.2) is 48.5 Å². The molecule has 0 atom stereocenters. The zero-order chi connectivity index (χ0) is 17.8. The van der Waals surface area contributed by atoms with Crippen molar-refractivity contribution < 1.29 is 4.74 Å². The number of nitrogens with zero attached hydrogens (tertiary/aromatic N) is 6. The molecule has 0 unspecified atom stereocenters. The Balaban J connectivity index is 1.46. The second kappa shape index (κ2) is 7.33. The van der Waals surface area contributed by atoms with Crippen molar-refractivity contribution in [1.82, 2.24) is 20.2 Å². The summed E-state index contributed by atoms with van der Waals surface area (Å²) in [4.78, 5) is 3.87. The van der Waals surface area contributed by atoms with E-state index in [1.165, 1.54) is 5.69 Å². The van der Waals surface area contributed by atoms with Gasteiger partial charge >= 0.3 is 0 Å². The molecule has 7 nitrogen and oxygen atoms in total. The van der Waals surface area contributed by atoms with Crippen LogP contribution < -0.4 is 4.90 Å². The van der Waals surface area contributed by atoms with Crippen molar-refractivity contribution in [1.29, 1.82) is 5.26 Å². The first-order chi connectivity index (χ1) is 12.8. The van der Waals surface area contributed by atoms with Gasteiger partial charge in [-0.1, -0.05) is 12.1 Å². The summed E-state index contributed by atoms with van der Waals surface area (Å²) in [6, 6.07) is 17.7. The van der Waals surface area contributed by atoms with Crippen molar-refractivity contribution >= 4 is 5.69 Å². The van der Waals surface area contributed by atoms with Crippen LogP contribution in [0, 0.1) is 11.3 Å². The molecular formula is C19H18N6O. The Morgan fingerprint density at radius 2 is 1.73 bits per heavy atom. The number of nitriles is 1. The number of ether oxygens (including phenoxy) is 1. The van der Waals surface area contributed by atoms with Crippen LogP contribution in [0.3, 0.4) is 0 Å². The molecule has 0 N–H and O–H groups in total. The van der Waals surface area contributed by atoms with Crippen LogP contribution >= 0.6 is 0 Å². The monoisotopic (exact) mass is 346 g/mol. The maximum Gasteiger partial charge on any atom is 0.204 e. The molecule has 130 valence electrons. The predicted octanol–water partition coefficient (Wildman–Crippen LogP) is 2.10. The predicted molar refractivity (Wildman–Crippen MR) is 96.5 cm³/mol. The third-order valence-corrected chi connectivity index (χ3v) is 4.36. The Bertz CT molecular complexity index is 904. The molecule has 1 aliphatic heterocycles. The van der Waals surface area contributed by atoms with E-state index in [1.807, 2.05) is 24.3 Å². The molecule has 7 heteroatoms. The van der Waals surface area contributed by atoms with Crippen LogP contribution in [0.25, 0.3) is 11.4 Å². The summed E-state index contributed by atoms with van der Waals surface area (Å²) in [5.74, 6) is 0.604. The van der Waals surface area contributed by atoms with Gasteiger partial charge in [-0.2, -0.15) is 10.1 Å². The van der Waals surface area contributed by atoms with Crippen LogP contribution in [0.1, 0.15) is 11.1 Å². The Kier molecular flexibility index (Phi) is 4.58. The third kappa shape index (κ3) is 3.55. The van der Waals surface area contributed by atoms with Crippen LogP contribution in [0.5, 0.6) is 0 Å². The Morgan fingerprint density at radius 1 is 1.00 bits per heavy atom. The van der Waals surface area contributed by atoms with E-state index in [0.717, 1.165) is 37.4 Å². The maximum absolute atomic E-state index is 8.85. The number of rotatable bonds is 4. The van der Waals surface area contributed by atoms with Crippen molar-refractivity contribution in [2.75, 3.05) is 31.2 Å². The maximum atomic E-state index is 8.85. The van der Waals surface area contributed by atoms with Gasteiger partial charge in [-0.05, 0) is 47.2 Å². The molecule has 1 aromatic heterocycles. The number of tetrazole rings is 1. The zero-order valence-electron chi connectivity index (χ0n) is 14.2. The second-order valence-corrected chi connectivity index (χ2v) is 6.10. The Morgan fingerprint density at radius 3 is 2.42 bits per heavy atom. The van der Waals surface area contributed by atoms with Gasteiger partial charge in [0.15, 0.2) is 0 Å². The first-order valence-corrected chi connectivity index (χ1v) is 8.52. The van der Waals surface area contributed by atoms with Gasteiger partial charge in [0.2, 0.25) is 5.82 Å². The molecule has 0 amide bonds. The summed E-state index contributed by atoms with van der Waals surface area (Å²) in [6.07, 6.45) is 0. The molecule has 0 bridgehead atoms. The molecular weight excluding hydrogens is 328 g/mol. The molecule has 3 aromatic rings. The topological polar surface area (TPSA) is 79.9 Å². The summed E-state index contributed by atoms with van der Waals surface area (Å²) < 4.78 is 5.39. The average molecular weight is 346 g/mol. The minimum absolute atomic E-state index is 0.518. The number of morpholine rings is 1. The van der Waals surface area contributed by atoms with Crippen molar-refractivity contribution in [2.45, 2.75) is 6.54 Å². The number of aromatic nitrogens is 4. The lowest BCUT2D eigenvalue weighted by molar-refractivity contribution is 0.122. The molecule has 0 saturated carbocycles.